The number of carbonyl (C=O) groups is 1. The van der Waals surface area contributed by atoms with Gasteiger partial charge in [0.15, 0.2) is 0 Å². The predicted molar refractivity (Wildman–Crippen MR) is 81.9 cm³/mol. The van der Waals surface area contributed by atoms with E-state index < -0.39 is 11.4 Å². The third kappa shape index (κ3) is 4.74. The van der Waals surface area contributed by atoms with Gasteiger partial charge in [-0.15, -0.1) is 0 Å². The van der Waals surface area contributed by atoms with Gasteiger partial charge in [0.05, 0.1) is 12.6 Å². The van der Waals surface area contributed by atoms with Gasteiger partial charge in [0.2, 0.25) is 5.91 Å². The fourth-order valence-electron chi connectivity index (χ4n) is 1.93. The largest absolute Gasteiger partial charge is 0.497 e. The minimum absolute atomic E-state index is 0.444. The summed E-state index contributed by atoms with van der Waals surface area (Å²) < 4.78 is 5.13. The first-order valence-electron chi connectivity index (χ1n) is 6.81. The predicted octanol–water partition coefficient (Wildman–Crippen LogP) is 1.50. The van der Waals surface area contributed by atoms with Crippen molar-refractivity contribution in [3.8, 4) is 5.75 Å². The molecule has 0 aliphatic carbocycles. The van der Waals surface area contributed by atoms with Gasteiger partial charge in [-0.3, -0.25) is 4.79 Å². The second-order valence-electron chi connectivity index (χ2n) is 5.36. The lowest BCUT2D eigenvalue weighted by Crippen LogP contribution is -2.49. The van der Waals surface area contributed by atoms with E-state index in [1.807, 2.05) is 31.3 Å². The van der Waals surface area contributed by atoms with Gasteiger partial charge in [-0.1, -0.05) is 0 Å². The van der Waals surface area contributed by atoms with Gasteiger partial charge in [-0.05, 0) is 50.5 Å². The zero-order chi connectivity index (χ0) is 15.2. The maximum Gasteiger partial charge on any atom is 0.237 e. The number of nitrogens with zero attached hydrogens (tertiary/aromatic N) is 1. The normalized spacial score (nSPS) is 13.6. The maximum atomic E-state index is 11.1. The molecule has 0 saturated heterocycles. The Morgan fingerprint density at radius 2 is 1.90 bits per heavy atom. The third-order valence-corrected chi connectivity index (χ3v) is 3.52. The van der Waals surface area contributed by atoms with Gasteiger partial charge >= 0.3 is 0 Å². The lowest BCUT2D eigenvalue weighted by Gasteiger charge is -2.22. The number of hydrogen-bond donors (Lipinski definition) is 2. The Balaban J connectivity index is 2.36. The Labute approximate surface area is 120 Å². The Kier molecular flexibility index (Phi) is 5.82. The number of rotatable bonds is 8. The van der Waals surface area contributed by atoms with Crippen molar-refractivity contribution in [2.75, 3.05) is 25.6 Å². The van der Waals surface area contributed by atoms with Crippen LogP contribution in [0.1, 0.15) is 26.2 Å². The maximum absolute atomic E-state index is 11.1. The van der Waals surface area contributed by atoms with Crippen LogP contribution in [0.25, 0.3) is 0 Å². The van der Waals surface area contributed by atoms with Gasteiger partial charge < -0.3 is 21.1 Å². The summed E-state index contributed by atoms with van der Waals surface area (Å²) in [6.07, 6.45) is 2.44. The molecule has 1 aromatic carbocycles. The number of benzene rings is 1. The average molecular weight is 279 g/mol. The summed E-state index contributed by atoms with van der Waals surface area (Å²) in [4.78, 5) is 13.3. The number of amides is 1. The van der Waals surface area contributed by atoms with E-state index in [9.17, 15) is 4.79 Å². The second-order valence-corrected chi connectivity index (χ2v) is 5.36. The molecule has 112 valence electrons. The molecule has 1 aromatic rings. The summed E-state index contributed by atoms with van der Waals surface area (Å²) in [5.41, 5.74) is 11.3. The average Bonchev–Trinajstić information content (AvgIpc) is 2.43. The van der Waals surface area contributed by atoms with E-state index in [0.29, 0.717) is 6.42 Å². The summed E-state index contributed by atoms with van der Waals surface area (Å²) >= 11 is 0. The summed E-state index contributed by atoms with van der Waals surface area (Å²) in [6.45, 7) is 2.59. The molecule has 0 aliphatic rings. The van der Waals surface area contributed by atoms with Gasteiger partial charge in [0, 0.05) is 19.3 Å². The van der Waals surface area contributed by atoms with Crippen LogP contribution in [0.2, 0.25) is 0 Å². The van der Waals surface area contributed by atoms with Crippen molar-refractivity contribution in [3.63, 3.8) is 0 Å². The van der Waals surface area contributed by atoms with Gasteiger partial charge in [0.25, 0.3) is 0 Å². The number of nitrogens with two attached hydrogens (primary N) is 2. The van der Waals surface area contributed by atoms with Crippen LogP contribution >= 0.6 is 0 Å². The molecule has 20 heavy (non-hydrogen) atoms. The van der Waals surface area contributed by atoms with Crippen LogP contribution in [0.4, 0.5) is 5.69 Å². The Morgan fingerprint density at radius 3 is 2.40 bits per heavy atom. The second kappa shape index (κ2) is 7.14. The topological polar surface area (TPSA) is 81.6 Å². The first kappa shape index (κ1) is 16.3. The van der Waals surface area contributed by atoms with Crippen LogP contribution in [-0.2, 0) is 4.79 Å². The fraction of sp³-hybridized carbons (Fsp3) is 0.533. The van der Waals surface area contributed by atoms with E-state index in [1.165, 1.54) is 0 Å². The molecular formula is C15H25N3O2. The van der Waals surface area contributed by atoms with Gasteiger partial charge in [-0.2, -0.15) is 0 Å². The van der Waals surface area contributed by atoms with Crippen LogP contribution in [0.3, 0.4) is 0 Å². The van der Waals surface area contributed by atoms with Crippen LogP contribution in [-0.4, -0.2) is 32.1 Å². The first-order valence-corrected chi connectivity index (χ1v) is 6.81. The lowest BCUT2D eigenvalue weighted by atomic mass is 9.95. The molecular weight excluding hydrogens is 254 g/mol. The van der Waals surface area contributed by atoms with Crippen molar-refractivity contribution in [3.05, 3.63) is 24.3 Å². The molecule has 5 nitrogen and oxygen atoms in total. The summed E-state index contributed by atoms with van der Waals surface area (Å²) in [5.74, 6) is 0.406. The van der Waals surface area contributed by atoms with E-state index in [0.717, 1.165) is 30.8 Å². The molecule has 0 spiro atoms. The van der Waals surface area contributed by atoms with E-state index in [2.05, 4.69) is 4.90 Å². The zero-order valence-electron chi connectivity index (χ0n) is 12.6. The minimum Gasteiger partial charge on any atom is -0.497 e. The first-order chi connectivity index (χ1) is 9.36. The molecule has 1 amide bonds. The van der Waals surface area contributed by atoms with Crippen molar-refractivity contribution < 1.29 is 9.53 Å². The van der Waals surface area contributed by atoms with Crippen molar-refractivity contribution in [1.29, 1.82) is 0 Å². The van der Waals surface area contributed by atoms with E-state index in [1.54, 1.807) is 14.0 Å². The number of ether oxygens (including phenoxy) is 1. The molecule has 0 heterocycles. The van der Waals surface area contributed by atoms with Gasteiger partial charge in [-0.25, -0.2) is 0 Å². The molecule has 1 unspecified atom stereocenters. The molecule has 0 saturated carbocycles. The molecule has 4 N–H and O–H groups in total. The smallest absolute Gasteiger partial charge is 0.237 e. The molecule has 1 atom stereocenters. The van der Waals surface area contributed by atoms with Crippen LogP contribution in [0.15, 0.2) is 24.3 Å². The summed E-state index contributed by atoms with van der Waals surface area (Å²) in [7, 11) is 3.69. The number of hydrogen-bond acceptors (Lipinski definition) is 4. The highest BCUT2D eigenvalue weighted by molar-refractivity contribution is 5.83. The van der Waals surface area contributed by atoms with E-state index in [-0.39, 0.29) is 0 Å². The number of unbranched alkanes of at least 4 members (excludes halogenated alkanes) is 1. The van der Waals surface area contributed by atoms with E-state index >= 15 is 0 Å². The zero-order valence-corrected chi connectivity index (χ0v) is 12.6. The molecule has 0 bridgehead atoms. The minimum atomic E-state index is -0.904. The monoisotopic (exact) mass is 279 g/mol. The SMILES string of the molecule is COc1ccc(N(C)CCCCC(C)(N)C(N)=O)cc1. The van der Waals surface area contributed by atoms with Crippen molar-refractivity contribution in [1.82, 2.24) is 0 Å². The van der Waals surface area contributed by atoms with Crippen molar-refractivity contribution in [2.24, 2.45) is 11.5 Å². The van der Waals surface area contributed by atoms with Crippen LogP contribution in [0.5, 0.6) is 5.75 Å². The number of primary amides is 1. The highest BCUT2D eigenvalue weighted by atomic mass is 16.5. The summed E-state index contributed by atoms with van der Waals surface area (Å²) in [5, 5.41) is 0. The number of carbonyl (C=O) groups excluding carboxylic acids is 1. The lowest BCUT2D eigenvalue weighted by molar-refractivity contribution is -0.122. The van der Waals surface area contributed by atoms with E-state index in [4.69, 9.17) is 16.2 Å². The summed E-state index contributed by atoms with van der Waals surface area (Å²) in [6, 6.07) is 7.93. The van der Waals surface area contributed by atoms with Crippen LogP contribution < -0.4 is 21.1 Å². The molecule has 5 heteroatoms. The highest BCUT2D eigenvalue weighted by Crippen LogP contribution is 2.19. The van der Waals surface area contributed by atoms with Crippen molar-refractivity contribution >= 4 is 11.6 Å². The third-order valence-electron chi connectivity index (χ3n) is 3.52. The van der Waals surface area contributed by atoms with Gasteiger partial charge in [0.1, 0.15) is 5.75 Å². The Bertz CT molecular complexity index is 429. The Hall–Kier alpha value is -1.75. The molecule has 0 radical (unpaired) electrons. The van der Waals surface area contributed by atoms with Crippen molar-refractivity contribution in [2.45, 2.75) is 31.7 Å². The quantitative estimate of drug-likeness (QED) is 0.707. The molecule has 0 fully saturated rings. The van der Waals surface area contributed by atoms with Crippen LogP contribution in [0, 0.1) is 0 Å². The standard InChI is InChI=1S/C15H25N3O2/c1-15(17,14(16)19)10-4-5-11-18(2)12-6-8-13(20-3)9-7-12/h6-9H,4-5,10-11,17H2,1-3H3,(H2,16,19). The fourth-order valence-corrected chi connectivity index (χ4v) is 1.93. The molecule has 0 aliphatic heterocycles. The number of methoxy groups -OCH3 is 1. The Morgan fingerprint density at radius 1 is 1.30 bits per heavy atom. The number of anilines is 1. The molecule has 1 rings (SSSR count). The highest BCUT2D eigenvalue weighted by Gasteiger charge is 2.24. The molecule has 0 aromatic heterocycles.